The van der Waals surface area contributed by atoms with E-state index in [-0.39, 0.29) is 28.6 Å². The molecule has 8 heteroatoms. The number of furan rings is 1. The first-order valence-electron chi connectivity index (χ1n) is 8.02. The summed E-state index contributed by atoms with van der Waals surface area (Å²) in [5.41, 5.74) is 1.03. The molecular weight excluding hydrogens is 354 g/mol. The molecule has 2 rings (SSSR count). The van der Waals surface area contributed by atoms with E-state index in [2.05, 4.69) is 16.0 Å². The van der Waals surface area contributed by atoms with Crippen molar-refractivity contribution in [2.24, 2.45) is 5.92 Å². The van der Waals surface area contributed by atoms with Crippen LogP contribution in [0.15, 0.2) is 41.0 Å². The van der Waals surface area contributed by atoms with Gasteiger partial charge in [-0.05, 0) is 48.5 Å². The van der Waals surface area contributed by atoms with Crippen LogP contribution < -0.4 is 20.7 Å². The zero-order valence-corrected chi connectivity index (χ0v) is 15.6. The van der Waals surface area contributed by atoms with Crippen LogP contribution in [-0.2, 0) is 4.79 Å². The zero-order chi connectivity index (χ0) is 19.1. The van der Waals surface area contributed by atoms with Crippen LogP contribution in [0.2, 0.25) is 0 Å². The Morgan fingerprint density at radius 3 is 2.62 bits per heavy atom. The SMILES string of the molecule is COc1ccc(NC(=O)c2ccco2)cc1NC(=S)NC(=O)CC(C)C. The molecular formula is C18H21N3O4S. The van der Waals surface area contributed by atoms with E-state index in [1.54, 1.807) is 30.3 Å². The molecule has 0 radical (unpaired) electrons. The van der Waals surface area contributed by atoms with Gasteiger partial charge in [0.2, 0.25) is 5.91 Å². The summed E-state index contributed by atoms with van der Waals surface area (Å²) in [5, 5.41) is 8.40. The van der Waals surface area contributed by atoms with Crippen LogP contribution in [-0.4, -0.2) is 24.0 Å². The summed E-state index contributed by atoms with van der Waals surface area (Å²) in [6.45, 7) is 3.90. The lowest BCUT2D eigenvalue weighted by molar-refractivity contribution is -0.120. The molecule has 0 atom stereocenters. The minimum Gasteiger partial charge on any atom is -0.495 e. The summed E-state index contributed by atoms with van der Waals surface area (Å²) in [4.78, 5) is 23.9. The van der Waals surface area contributed by atoms with Gasteiger partial charge in [0.05, 0.1) is 19.1 Å². The van der Waals surface area contributed by atoms with Gasteiger partial charge in [0.1, 0.15) is 5.75 Å². The molecule has 1 aromatic heterocycles. The van der Waals surface area contributed by atoms with Gasteiger partial charge >= 0.3 is 0 Å². The third-order valence-electron chi connectivity index (χ3n) is 3.30. The predicted molar refractivity (Wildman–Crippen MR) is 103 cm³/mol. The Balaban J connectivity index is 2.08. The number of anilines is 2. The molecule has 0 fully saturated rings. The maximum absolute atomic E-state index is 12.1. The second-order valence-corrected chi connectivity index (χ2v) is 6.36. The number of rotatable bonds is 6. The maximum atomic E-state index is 12.1. The normalized spacial score (nSPS) is 10.3. The first-order chi connectivity index (χ1) is 12.4. The Morgan fingerprint density at radius 1 is 1.23 bits per heavy atom. The lowest BCUT2D eigenvalue weighted by atomic mass is 10.1. The molecule has 0 saturated heterocycles. The molecule has 2 aromatic rings. The summed E-state index contributed by atoms with van der Waals surface area (Å²) in [7, 11) is 1.52. The van der Waals surface area contributed by atoms with Gasteiger partial charge in [-0.2, -0.15) is 0 Å². The first-order valence-corrected chi connectivity index (χ1v) is 8.43. The molecule has 0 unspecified atom stereocenters. The van der Waals surface area contributed by atoms with E-state index >= 15 is 0 Å². The quantitative estimate of drug-likeness (QED) is 0.670. The number of carbonyl (C=O) groups excluding carboxylic acids is 2. The fourth-order valence-electron chi connectivity index (χ4n) is 2.19. The highest BCUT2D eigenvalue weighted by Crippen LogP contribution is 2.28. The van der Waals surface area contributed by atoms with E-state index in [0.717, 1.165) is 0 Å². The molecule has 3 N–H and O–H groups in total. The van der Waals surface area contributed by atoms with Crippen LogP contribution in [0.1, 0.15) is 30.8 Å². The van der Waals surface area contributed by atoms with Crippen molar-refractivity contribution in [3.05, 3.63) is 42.4 Å². The van der Waals surface area contributed by atoms with E-state index in [0.29, 0.717) is 23.5 Å². The van der Waals surface area contributed by atoms with Crippen molar-refractivity contribution < 1.29 is 18.7 Å². The molecule has 1 aromatic carbocycles. The van der Waals surface area contributed by atoms with Crippen molar-refractivity contribution in [1.82, 2.24) is 5.32 Å². The number of carbonyl (C=O) groups is 2. The number of nitrogens with one attached hydrogen (secondary N) is 3. The summed E-state index contributed by atoms with van der Waals surface area (Å²) in [6, 6.07) is 8.22. The Morgan fingerprint density at radius 2 is 2.00 bits per heavy atom. The number of hydrogen-bond donors (Lipinski definition) is 3. The molecule has 2 amide bonds. The molecule has 0 spiro atoms. The largest absolute Gasteiger partial charge is 0.495 e. The zero-order valence-electron chi connectivity index (χ0n) is 14.8. The molecule has 0 saturated carbocycles. The summed E-state index contributed by atoms with van der Waals surface area (Å²) in [6.07, 6.45) is 1.80. The van der Waals surface area contributed by atoms with E-state index in [9.17, 15) is 9.59 Å². The smallest absolute Gasteiger partial charge is 0.291 e. The molecule has 0 aliphatic rings. The van der Waals surface area contributed by atoms with E-state index in [1.165, 1.54) is 13.4 Å². The number of ether oxygens (including phenoxy) is 1. The molecule has 1 heterocycles. The predicted octanol–water partition coefficient (Wildman–Crippen LogP) is 3.40. The molecule has 0 aliphatic carbocycles. The summed E-state index contributed by atoms with van der Waals surface area (Å²) in [5.74, 6) is 0.401. The number of benzene rings is 1. The summed E-state index contributed by atoms with van der Waals surface area (Å²) < 4.78 is 10.3. The standard InChI is InChI=1S/C18H21N3O4S/c1-11(2)9-16(22)21-18(26)20-13-10-12(6-7-14(13)24-3)19-17(23)15-5-4-8-25-15/h4-8,10-11H,9H2,1-3H3,(H,19,23)(H2,20,21,22,26). The number of amides is 2. The molecule has 26 heavy (non-hydrogen) atoms. The van der Waals surface area contributed by atoms with Crippen LogP contribution in [0.25, 0.3) is 0 Å². The lowest BCUT2D eigenvalue weighted by Crippen LogP contribution is -2.34. The Labute approximate surface area is 157 Å². The van der Waals surface area contributed by atoms with Crippen molar-refractivity contribution in [2.45, 2.75) is 20.3 Å². The average molecular weight is 375 g/mol. The Kier molecular flexibility index (Phi) is 6.74. The summed E-state index contributed by atoms with van der Waals surface area (Å²) >= 11 is 5.17. The van der Waals surface area contributed by atoms with Crippen LogP contribution in [0.4, 0.5) is 11.4 Å². The molecule has 7 nitrogen and oxygen atoms in total. The topological polar surface area (TPSA) is 92.6 Å². The second-order valence-electron chi connectivity index (χ2n) is 5.95. The molecule has 138 valence electrons. The highest BCUT2D eigenvalue weighted by Gasteiger charge is 2.13. The van der Waals surface area contributed by atoms with Gasteiger partial charge in [0.25, 0.3) is 5.91 Å². The van der Waals surface area contributed by atoms with Crippen LogP contribution in [0.3, 0.4) is 0 Å². The van der Waals surface area contributed by atoms with Crippen molar-refractivity contribution in [1.29, 1.82) is 0 Å². The fraction of sp³-hybridized carbons (Fsp3) is 0.278. The van der Waals surface area contributed by atoms with Gasteiger partial charge in [-0.15, -0.1) is 0 Å². The Bertz CT molecular complexity index is 788. The van der Waals surface area contributed by atoms with Gasteiger partial charge in [-0.1, -0.05) is 13.8 Å². The van der Waals surface area contributed by atoms with Gasteiger partial charge in [0.15, 0.2) is 10.9 Å². The number of hydrogen-bond acceptors (Lipinski definition) is 5. The minimum absolute atomic E-state index is 0.156. The van der Waals surface area contributed by atoms with Crippen molar-refractivity contribution in [3.8, 4) is 5.75 Å². The third kappa shape index (κ3) is 5.59. The third-order valence-corrected chi connectivity index (χ3v) is 3.50. The molecule has 0 bridgehead atoms. The average Bonchev–Trinajstić information content (AvgIpc) is 3.08. The minimum atomic E-state index is -0.376. The highest BCUT2D eigenvalue weighted by molar-refractivity contribution is 7.80. The van der Waals surface area contributed by atoms with Gasteiger partial charge in [-0.25, -0.2) is 0 Å². The van der Waals surface area contributed by atoms with Crippen LogP contribution in [0, 0.1) is 5.92 Å². The fourth-order valence-corrected chi connectivity index (χ4v) is 2.41. The van der Waals surface area contributed by atoms with E-state index < -0.39 is 0 Å². The van der Waals surface area contributed by atoms with Crippen LogP contribution >= 0.6 is 12.2 Å². The van der Waals surface area contributed by atoms with Gasteiger partial charge in [0, 0.05) is 12.1 Å². The van der Waals surface area contributed by atoms with Crippen molar-refractivity contribution in [2.75, 3.05) is 17.7 Å². The van der Waals surface area contributed by atoms with Crippen molar-refractivity contribution in [3.63, 3.8) is 0 Å². The Hall–Kier alpha value is -2.87. The number of thiocarbonyl (C=S) groups is 1. The van der Waals surface area contributed by atoms with Crippen molar-refractivity contribution >= 4 is 40.5 Å². The van der Waals surface area contributed by atoms with E-state index in [1.807, 2.05) is 13.8 Å². The second kappa shape index (κ2) is 9.00. The lowest BCUT2D eigenvalue weighted by Gasteiger charge is -2.15. The van der Waals surface area contributed by atoms with Gasteiger partial charge in [-0.3, -0.25) is 9.59 Å². The highest BCUT2D eigenvalue weighted by atomic mass is 32.1. The van der Waals surface area contributed by atoms with Crippen LogP contribution in [0.5, 0.6) is 5.75 Å². The van der Waals surface area contributed by atoms with E-state index in [4.69, 9.17) is 21.4 Å². The maximum Gasteiger partial charge on any atom is 0.291 e. The molecule has 0 aliphatic heterocycles. The monoisotopic (exact) mass is 375 g/mol. The van der Waals surface area contributed by atoms with Gasteiger partial charge < -0.3 is 25.1 Å². The first kappa shape index (κ1) is 19.5. The number of methoxy groups -OCH3 is 1.